The SMILES string of the molecule is CC1=CC(C)(C)CC(=NN2C(=O)C(=Cc3ccccc3S)N=C2c2ccccc2)C1. The van der Waals surface area contributed by atoms with Crippen LogP contribution in [0.4, 0.5) is 0 Å². The van der Waals surface area contributed by atoms with Gasteiger partial charge in [-0.3, -0.25) is 4.79 Å². The first-order valence-corrected chi connectivity index (χ1v) is 10.5. The minimum atomic E-state index is -0.219. The second-order valence-electron chi connectivity index (χ2n) is 8.51. The second-order valence-corrected chi connectivity index (χ2v) is 8.99. The average Bonchev–Trinajstić information content (AvgIpc) is 2.98. The van der Waals surface area contributed by atoms with E-state index in [2.05, 4.69) is 44.5 Å². The van der Waals surface area contributed by atoms with Crippen LogP contribution in [-0.4, -0.2) is 22.5 Å². The van der Waals surface area contributed by atoms with Crippen LogP contribution in [-0.2, 0) is 4.79 Å². The molecule has 2 aromatic carbocycles. The van der Waals surface area contributed by atoms with E-state index < -0.39 is 0 Å². The Bertz CT molecular complexity index is 1110. The van der Waals surface area contributed by atoms with Gasteiger partial charge in [0.15, 0.2) is 5.84 Å². The summed E-state index contributed by atoms with van der Waals surface area (Å²) < 4.78 is 0. The van der Waals surface area contributed by atoms with Crippen LogP contribution < -0.4 is 0 Å². The van der Waals surface area contributed by atoms with Crippen LogP contribution in [0, 0.1) is 5.41 Å². The number of rotatable bonds is 3. The molecule has 0 atom stereocenters. The van der Waals surface area contributed by atoms with Gasteiger partial charge in [0.1, 0.15) is 5.70 Å². The normalized spacial score (nSPS) is 21.2. The number of aliphatic imine (C=N–C) groups is 1. The first-order chi connectivity index (χ1) is 14.3. The molecule has 0 radical (unpaired) electrons. The van der Waals surface area contributed by atoms with E-state index in [1.807, 2.05) is 54.6 Å². The van der Waals surface area contributed by atoms with E-state index in [0.717, 1.165) is 34.6 Å². The van der Waals surface area contributed by atoms with Gasteiger partial charge in [-0.05, 0) is 36.5 Å². The Balaban J connectivity index is 1.77. The van der Waals surface area contributed by atoms with Gasteiger partial charge in [0.2, 0.25) is 0 Å². The zero-order chi connectivity index (χ0) is 21.3. The molecule has 0 N–H and O–H groups in total. The molecule has 2 aliphatic rings. The number of hydrazone groups is 1. The highest BCUT2D eigenvalue weighted by Crippen LogP contribution is 2.33. The molecule has 5 heteroatoms. The lowest BCUT2D eigenvalue weighted by Gasteiger charge is -2.28. The minimum Gasteiger partial charge on any atom is -0.265 e. The molecule has 1 aliphatic heterocycles. The van der Waals surface area contributed by atoms with Gasteiger partial charge in [0, 0.05) is 22.6 Å². The quantitative estimate of drug-likeness (QED) is 0.388. The molecule has 4 nitrogen and oxygen atoms in total. The van der Waals surface area contributed by atoms with Gasteiger partial charge < -0.3 is 0 Å². The Kier molecular flexibility index (Phi) is 5.48. The van der Waals surface area contributed by atoms with E-state index in [1.165, 1.54) is 10.6 Å². The van der Waals surface area contributed by atoms with Crippen molar-refractivity contribution in [3.05, 3.63) is 83.1 Å². The molecule has 0 bridgehead atoms. The molecule has 152 valence electrons. The van der Waals surface area contributed by atoms with Gasteiger partial charge in [-0.1, -0.05) is 74.0 Å². The van der Waals surface area contributed by atoms with Gasteiger partial charge in [-0.2, -0.15) is 10.1 Å². The highest BCUT2D eigenvalue weighted by Gasteiger charge is 2.33. The number of amidine groups is 1. The highest BCUT2D eigenvalue weighted by atomic mass is 32.1. The minimum absolute atomic E-state index is 0.0254. The van der Waals surface area contributed by atoms with Gasteiger partial charge in [0.25, 0.3) is 5.91 Å². The van der Waals surface area contributed by atoms with E-state index in [0.29, 0.717) is 11.5 Å². The summed E-state index contributed by atoms with van der Waals surface area (Å²) in [5.74, 6) is 0.337. The van der Waals surface area contributed by atoms with E-state index in [-0.39, 0.29) is 11.3 Å². The fourth-order valence-electron chi connectivity index (χ4n) is 4.02. The molecule has 4 rings (SSSR count). The highest BCUT2D eigenvalue weighted by molar-refractivity contribution is 7.80. The Morgan fingerprint density at radius 2 is 1.80 bits per heavy atom. The van der Waals surface area contributed by atoms with Crippen LogP contribution in [0.5, 0.6) is 0 Å². The van der Waals surface area contributed by atoms with E-state index in [1.54, 1.807) is 6.08 Å². The maximum absolute atomic E-state index is 13.3. The zero-order valence-corrected chi connectivity index (χ0v) is 18.4. The summed E-state index contributed by atoms with van der Waals surface area (Å²) in [6.07, 6.45) is 5.66. The Hall–Kier alpha value is -2.92. The van der Waals surface area contributed by atoms with Crippen molar-refractivity contribution in [2.75, 3.05) is 0 Å². The van der Waals surface area contributed by atoms with Crippen molar-refractivity contribution in [1.82, 2.24) is 5.01 Å². The first-order valence-electron chi connectivity index (χ1n) is 10.1. The average molecular weight is 416 g/mol. The first kappa shape index (κ1) is 20.4. The number of nitrogens with zero attached hydrogens (tertiary/aromatic N) is 3. The largest absolute Gasteiger partial charge is 0.298 e. The van der Waals surface area contributed by atoms with Crippen molar-refractivity contribution in [3.63, 3.8) is 0 Å². The number of hydrogen-bond donors (Lipinski definition) is 1. The third kappa shape index (κ3) is 4.31. The number of benzene rings is 2. The smallest absolute Gasteiger partial charge is 0.265 e. The molecule has 0 aromatic heterocycles. The summed E-state index contributed by atoms with van der Waals surface area (Å²) in [6.45, 7) is 6.50. The van der Waals surface area contributed by atoms with Gasteiger partial charge >= 0.3 is 0 Å². The third-order valence-corrected chi connectivity index (χ3v) is 5.53. The molecule has 0 spiro atoms. The maximum Gasteiger partial charge on any atom is 0.298 e. The number of hydrogen-bond acceptors (Lipinski definition) is 4. The molecular formula is C25H25N3OS. The van der Waals surface area contributed by atoms with Crippen molar-refractivity contribution in [2.24, 2.45) is 15.5 Å². The monoisotopic (exact) mass is 415 g/mol. The van der Waals surface area contributed by atoms with E-state index in [4.69, 9.17) is 5.10 Å². The topological polar surface area (TPSA) is 45.0 Å². The molecule has 0 fully saturated rings. The van der Waals surface area contributed by atoms with Crippen LogP contribution in [0.3, 0.4) is 0 Å². The standard InChI is InChI=1S/C25H25N3OS/c1-17-13-20(16-25(2,3)15-17)27-28-23(18-9-5-4-6-10-18)26-21(24(28)29)14-19-11-7-8-12-22(19)30/h4-12,14-15,30H,13,16H2,1-3H3. The number of carbonyl (C=O) groups excluding carboxylic acids is 1. The molecular weight excluding hydrogens is 390 g/mol. The second kappa shape index (κ2) is 8.07. The maximum atomic E-state index is 13.3. The summed E-state index contributed by atoms with van der Waals surface area (Å²) in [5.41, 5.74) is 4.37. The summed E-state index contributed by atoms with van der Waals surface area (Å²) in [4.78, 5) is 18.8. The summed E-state index contributed by atoms with van der Waals surface area (Å²) in [6, 6.07) is 17.4. The van der Waals surface area contributed by atoms with Crippen molar-refractivity contribution >= 4 is 36.2 Å². The predicted molar refractivity (Wildman–Crippen MR) is 126 cm³/mol. The van der Waals surface area contributed by atoms with E-state index in [9.17, 15) is 4.79 Å². The van der Waals surface area contributed by atoms with Gasteiger partial charge in [-0.15, -0.1) is 12.6 Å². The number of amides is 1. The fraction of sp³-hybridized carbons (Fsp3) is 0.240. The number of thiol groups is 1. The Morgan fingerprint density at radius 1 is 1.10 bits per heavy atom. The van der Waals surface area contributed by atoms with Crippen LogP contribution in [0.25, 0.3) is 6.08 Å². The summed E-state index contributed by atoms with van der Waals surface area (Å²) in [5, 5.41) is 6.27. The lowest BCUT2D eigenvalue weighted by atomic mass is 9.79. The number of carbonyl (C=O) groups is 1. The Morgan fingerprint density at radius 3 is 2.50 bits per heavy atom. The van der Waals surface area contributed by atoms with Crippen molar-refractivity contribution in [3.8, 4) is 0 Å². The molecule has 2 aromatic rings. The molecule has 0 saturated heterocycles. The van der Waals surface area contributed by atoms with Gasteiger partial charge in [-0.25, -0.2) is 4.99 Å². The van der Waals surface area contributed by atoms with Crippen molar-refractivity contribution < 1.29 is 4.79 Å². The Labute approximate surface area is 183 Å². The lowest BCUT2D eigenvalue weighted by molar-refractivity contribution is -0.122. The van der Waals surface area contributed by atoms with Gasteiger partial charge in [0.05, 0.1) is 0 Å². The van der Waals surface area contributed by atoms with Crippen LogP contribution in [0.2, 0.25) is 0 Å². The predicted octanol–water partition coefficient (Wildman–Crippen LogP) is 5.73. The van der Waals surface area contributed by atoms with Crippen LogP contribution >= 0.6 is 12.6 Å². The molecule has 0 saturated carbocycles. The zero-order valence-electron chi connectivity index (χ0n) is 17.5. The van der Waals surface area contributed by atoms with Crippen molar-refractivity contribution in [2.45, 2.75) is 38.5 Å². The molecule has 1 amide bonds. The lowest BCUT2D eigenvalue weighted by Crippen LogP contribution is -2.31. The molecule has 1 heterocycles. The third-order valence-electron chi connectivity index (χ3n) is 5.12. The molecule has 30 heavy (non-hydrogen) atoms. The summed E-state index contributed by atoms with van der Waals surface area (Å²) >= 11 is 4.50. The fourth-order valence-corrected chi connectivity index (χ4v) is 4.25. The van der Waals surface area contributed by atoms with Crippen LogP contribution in [0.1, 0.15) is 44.7 Å². The van der Waals surface area contributed by atoms with E-state index >= 15 is 0 Å². The van der Waals surface area contributed by atoms with Crippen LogP contribution in [0.15, 0.2) is 86.9 Å². The molecule has 0 unspecified atom stereocenters. The summed E-state index contributed by atoms with van der Waals surface area (Å²) in [7, 11) is 0. The molecule has 1 aliphatic carbocycles. The number of allylic oxidation sites excluding steroid dienone is 2. The van der Waals surface area contributed by atoms with Crippen molar-refractivity contribution in [1.29, 1.82) is 0 Å².